The molecule has 0 aliphatic heterocycles. The molecule has 1 N–H and O–H groups in total. The molecule has 1 heterocycles. The van der Waals surface area contributed by atoms with Gasteiger partial charge < -0.3 is 14.3 Å². The second-order valence-corrected chi connectivity index (χ2v) is 4.95. The number of alkyl halides is 3. The number of aromatic carboxylic acids is 1. The average molecular weight is 281 g/mol. The number of halogens is 3. The molecule has 0 fully saturated rings. The van der Waals surface area contributed by atoms with E-state index in [-0.39, 0.29) is 17.3 Å². The van der Waals surface area contributed by atoms with Crippen molar-refractivity contribution in [2.24, 2.45) is 0 Å². The van der Waals surface area contributed by atoms with E-state index in [1.807, 2.05) is 0 Å². The summed E-state index contributed by atoms with van der Waals surface area (Å²) in [7, 11) is 0. The molecule has 0 radical (unpaired) electrons. The third-order valence-corrected chi connectivity index (χ3v) is 2.07. The van der Waals surface area contributed by atoms with Gasteiger partial charge in [-0.2, -0.15) is 13.2 Å². The first kappa shape index (κ1) is 15.5. The van der Waals surface area contributed by atoms with Crippen molar-refractivity contribution < 1.29 is 32.2 Å². The lowest BCUT2D eigenvalue weighted by Crippen LogP contribution is -2.17. The second-order valence-electron chi connectivity index (χ2n) is 4.95. The Labute approximate surface area is 107 Å². The highest BCUT2D eigenvalue weighted by atomic mass is 19.4. The Balaban J connectivity index is 2.85. The fourth-order valence-electron chi connectivity index (χ4n) is 1.33. The van der Waals surface area contributed by atoms with Crippen LogP contribution in [0, 0.1) is 0 Å². The van der Waals surface area contributed by atoms with Crippen LogP contribution >= 0.6 is 0 Å². The minimum absolute atomic E-state index is 0.172. The minimum atomic E-state index is -4.45. The molecular formula is C11H14F3NO4. The Morgan fingerprint density at radius 3 is 2.32 bits per heavy atom. The normalized spacial score (nSPS) is 12.7. The van der Waals surface area contributed by atoms with Gasteiger partial charge in [-0.05, 0) is 0 Å². The van der Waals surface area contributed by atoms with Crippen LogP contribution in [0.5, 0.6) is 0 Å². The fraction of sp³-hybridized carbons (Fsp3) is 0.636. The Kier molecular flexibility index (Phi) is 4.24. The Morgan fingerprint density at radius 2 is 1.95 bits per heavy atom. The molecule has 0 bridgehead atoms. The zero-order chi connectivity index (χ0) is 14.8. The molecule has 0 aliphatic rings. The smallest absolute Gasteiger partial charge is 0.411 e. The van der Waals surface area contributed by atoms with E-state index < -0.39 is 30.8 Å². The van der Waals surface area contributed by atoms with Crippen LogP contribution in [0.4, 0.5) is 13.2 Å². The number of ether oxygens (including phenoxy) is 1. The van der Waals surface area contributed by atoms with Crippen molar-refractivity contribution in [2.45, 2.75) is 39.0 Å². The molecule has 1 rings (SSSR count). The lowest BCUT2D eigenvalue weighted by Gasteiger charge is -2.14. The summed E-state index contributed by atoms with van der Waals surface area (Å²) in [5.41, 5.74) is -0.426. The number of hydrogen-bond donors (Lipinski definition) is 1. The van der Waals surface area contributed by atoms with E-state index in [1.165, 1.54) is 0 Å². The fourth-order valence-corrected chi connectivity index (χ4v) is 1.33. The first-order valence-electron chi connectivity index (χ1n) is 5.38. The van der Waals surface area contributed by atoms with Gasteiger partial charge >= 0.3 is 12.1 Å². The number of aromatic nitrogens is 1. The molecule has 0 amide bonds. The van der Waals surface area contributed by atoms with Gasteiger partial charge in [-0.15, -0.1) is 0 Å². The van der Waals surface area contributed by atoms with Crippen LogP contribution in [-0.2, 0) is 16.8 Å². The molecule has 0 atom stereocenters. The van der Waals surface area contributed by atoms with Crippen LogP contribution in [0.1, 0.15) is 42.9 Å². The summed E-state index contributed by atoms with van der Waals surface area (Å²) in [6.45, 7) is 3.19. The number of carboxylic acids is 1. The largest absolute Gasteiger partial charge is 0.475 e. The first-order valence-corrected chi connectivity index (χ1v) is 5.38. The molecule has 5 nitrogen and oxygen atoms in total. The molecule has 0 aromatic carbocycles. The Morgan fingerprint density at radius 1 is 1.37 bits per heavy atom. The summed E-state index contributed by atoms with van der Waals surface area (Å²) in [5, 5.41) is 8.94. The first-order chi connectivity index (χ1) is 8.50. The summed E-state index contributed by atoms with van der Waals surface area (Å²) >= 11 is 0. The molecule has 0 saturated carbocycles. The molecular weight excluding hydrogens is 267 g/mol. The maximum absolute atomic E-state index is 11.9. The standard InChI is InChI=1S/C11H14F3NO4/c1-10(2,3)8-7(9(16)17)19-6(15-8)4-18-5-11(12,13)14/h4-5H2,1-3H3,(H,16,17). The summed E-state index contributed by atoms with van der Waals surface area (Å²) in [6.07, 6.45) is -4.45. The van der Waals surface area contributed by atoms with Crippen LogP contribution in [-0.4, -0.2) is 28.8 Å². The minimum Gasteiger partial charge on any atom is -0.475 e. The van der Waals surface area contributed by atoms with Crippen LogP contribution in [0.2, 0.25) is 0 Å². The van der Waals surface area contributed by atoms with E-state index in [0.717, 1.165) is 0 Å². The van der Waals surface area contributed by atoms with Gasteiger partial charge in [0.1, 0.15) is 13.2 Å². The number of hydrogen-bond acceptors (Lipinski definition) is 4. The lowest BCUT2D eigenvalue weighted by molar-refractivity contribution is -0.177. The van der Waals surface area contributed by atoms with E-state index in [0.29, 0.717) is 0 Å². The van der Waals surface area contributed by atoms with Crippen molar-refractivity contribution in [2.75, 3.05) is 6.61 Å². The molecule has 1 aromatic heterocycles. The molecule has 0 aliphatic carbocycles. The third-order valence-electron chi connectivity index (χ3n) is 2.07. The van der Waals surface area contributed by atoms with Gasteiger partial charge in [0, 0.05) is 5.41 Å². The maximum Gasteiger partial charge on any atom is 0.411 e. The predicted molar refractivity (Wildman–Crippen MR) is 57.9 cm³/mol. The van der Waals surface area contributed by atoms with Crippen LogP contribution in [0.3, 0.4) is 0 Å². The van der Waals surface area contributed by atoms with Crippen LogP contribution in [0.25, 0.3) is 0 Å². The van der Waals surface area contributed by atoms with Gasteiger partial charge in [-0.3, -0.25) is 0 Å². The molecule has 8 heteroatoms. The number of rotatable bonds is 4. The van der Waals surface area contributed by atoms with Gasteiger partial charge in [0.05, 0.1) is 5.69 Å². The maximum atomic E-state index is 11.9. The highest BCUT2D eigenvalue weighted by Crippen LogP contribution is 2.26. The zero-order valence-corrected chi connectivity index (χ0v) is 10.7. The quantitative estimate of drug-likeness (QED) is 0.918. The van der Waals surface area contributed by atoms with E-state index in [2.05, 4.69) is 9.72 Å². The summed E-state index contributed by atoms with van der Waals surface area (Å²) in [5.74, 6) is -1.89. The van der Waals surface area contributed by atoms with Crippen molar-refractivity contribution in [3.63, 3.8) is 0 Å². The van der Waals surface area contributed by atoms with E-state index in [1.54, 1.807) is 20.8 Å². The highest BCUT2D eigenvalue weighted by molar-refractivity contribution is 5.86. The summed E-state index contributed by atoms with van der Waals surface area (Å²) in [6, 6.07) is 0. The topological polar surface area (TPSA) is 72.6 Å². The Hall–Kier alpha value is -1.57. The predicted octanol–water partition coefficient (Wildman–Crippen LogP) is 2.75. The van der Waals surface area contributed by atoms with Gasteiger partial charge in [0.15, 0.2) is 0 Å². The van der Waals surface area contributed by atoms with Crippen molar-refractivity contribution in [3.05, 3.63) is 17.3 Å². The van der Waals surface area contributed by atoms with Gasteiger partial charge in [-0.1, -0.05) is 20.8 Å². The highest BCUT2D eigenvalue weighted by Gasteiger charge is 2.30. The van der Waals surface area contributed by atoms with E-state index in [9.17, 15) is 18.0 Å². The lowest BCUT2D eigenvalue weighted by atomic mass is 9.91. The number of oxazole rings is 1. The number of carboxylic acid groups (broad SMARTS) is 1. The van der Waals surface area contributed by atoms with Crippen molar-refractivity contribution in [1.82, 2.24) is 4.98 Å². The van der Waals surface area contributed by atoms with Crippen LogP contribution in [0.15, 0.2) is 4.42 Å². The molecule has 0 unspecified atom stereocenters. The average Bonchev–Trinajstić information content (AvgIpc) is 2.59. The van der Waals surface area contributed by atoms with Crippen LogP contribution < -0.4 is 0 Å². The molecule has 19 heavy (non-hydrogen) atoms. The van der Waals surface area contributed by atoms with Gasteiger partial charge in [0.25, 0.3) is 0 Å². The monoisotopic (exact) mass is 281 g/mol. The summed E-state index contributed by atoms with van der Waals surface area (Å²) < 4.78 is 45.0. The zero-order valence-electron chi connectivity index (χ0n) is 10.7. The summed E-state index contributed by atoms with van der Waals surface area (Å²) in [4.78, 5) is 14.8. The SMILES string of the molecule is CC(C)(C)c1nc(COCC(F)(F)F)oc1C(=O)O. The van der Waals surface area contributed by atoms with Crippen molar-refractivity contribution in [3.8, 4) is 0 Å². The second kappa shape index (κ2) is 5.20. The number of carbonyl (C=O) groups is 1. The van der Waals surface area contributed by atoms with Gasteiger partial charge in [0.2, 0.25) is 11.7 Å². The van der Waals surface area contributed by atoms with Gasteiger partial charge in [-0.25, -0.2) is 9.78 Å². The molecule has 0 spiro atoms. The third kappa shape index (κ3) is 4.55. The molecule has 1 aromatic rings. The van der Waals surface area contributed by atoms with Crippen molar-refractivity contribution in [1.29, 1.82) is 0 Å². The Bertz CT molecular complexity index is 459. The van der Waals surface area contributed by atoms with Crippen molar-refractivity contribution >= 4 is 5.97 Å². The van der Waals surface area contributed by atoms with E-state index >= 15 is 0 Å². The molecule has 108 valence electrons. The molecule has 0 saturated heterocycles. The van der Waals surface area contributed by atoms with E-state index in [4.69, 9.17) is 9.52 Å². The number of nitrogens with zero attached hydrogens (tertiary/aromatic N) is 1.